The van der Waals surface area contributed by atoms with E-state index in [1.807, 2.05) is 6.07 Å². The summed E-state index contributed by atoms with van der Waals surface area (Å²) >= 11 is 10.2. The molecule has 3 rings (SSSR count). The Bertz CT molecular complexity index is 642. The highest BCUT2D eigenvalue weighted by molar-refractivity contribution is 7.99. The van der Waals surface area contributed by atoms with Crippen molar-refractivity contribution in [3.8, 4) is 5.75 Å². The fraction of sp³-hybridized carbons (Fsp3) is 0.250. The molecule has 0 N–H and O–H groups in total. The highest BCUT2D eigenvalue weighted by Crippen LogP contribution is 2.45. The van der Waals surface area contributed by atoms with E-state index < -0.39 is 0 Å². The van der Waals surface area contributed by atoms with Crippen LogP contribution in [0.4, 0.5) is 0 Å². The zero-order valence-corrected chi connectivity index (χ0v) is 13.7. The molecule has 0 saturated heterocycles. The Labute approximate surface area is 133 Å². The SMILES string of the molecule is COc1ccc2c(c1)Sc1ccc(SC)cc1C(Cl)C2. The Hall–Kier alpha value is -0.770. The molecule has 0 spiro atoms. The summed E-state index contributed by atoms with van der Waals surface area (Å²) in [5, 5.41) is 0.0271. The molecule has 2 aromatic carbocycles. The van der Waals surface area contributed by atoms with Crippen LogP contribution < -0.4 is 4.74 Å². The smallest absolute Gasteiger partial charge is 0.120 e. The van der Waals surface area contributed by atoms with Gasteiger partial charge in [0, 0.05) is 14.7 Å². The standard InChI is InChI=1S/C16H15ClOS2/c1-18-11-4-3-10-7-14(17)13-9-12(19-2)5-6-15(13)20-16(10)8-11/h3-6,8-9,14H,7H2,1-2H3. The van der Waals surface area contributed by atoms with Gasteiger partial charge in [-0.15, -0.1) is 23.4 Å². The summed E-state index contributed by atoms with van der Waals surface area (Å²) in [6.07, 6.45) is 2.95. The predicted molar refractivity (Wildman–Crippen MR) is 87.6 cm³/mol. The normalized spacial score (nSPS) is 17.1. The summed E-state index contributed by atoms with van der Waals surface area (Å²) < 4.78 is 5.32. The second-order valence-electron chi connectivity index (χ2n) is 4.65. The maximum absolute atomic E-state index is 6.63. The van der Waals surface area contributed by atoms with Crippen molar-refractivity contribution in [2.24, 2.45) is 0 Å². The highest BCUT2D eigenvalue weighted by Gasteiger charge is 2.21. The van der Waals surface area contributed by atoms with E-state index in [1.54, 1.807) is 30.6 Å². The molecular formula is C16H15ClOS2. The lowest BCUT2D eigenvalue weighted by Gasteiger charge is -2.11. The third kappa shape index (κ3) is 2.67. The van der Waals surface area contributed by atoms with E-state index in [1.165, 1.54) is 25.8 Å². The average molecular weight is 323 g/mol. The first-order chi connectivity index (χ1) is 9.71. The van der Waals surface area contributed by atoms with Crippen molar-refractivity contribution < 1.29 is 4.74 Å². The van der Waals surface area contributed by atoms with Crippen molar-refractivity contribution in [3.63, 3.8) is 0 Å². The number of hydrogen-bond donors (Lipinski definition) is 0. The molecular weight excluding hydrogens is 308 g/mol. The largest absolute Gasteiger partial charge is 0.497 e. The molecule has 0 saturated carbocycles. The molecule has 1 nitrogen and oxygen atoms in total. The molecule has 0 aliphatic carbocycles. The van der Waals surface area contributed by atoms with Gasteiger partial charge >= 0.3 is 0 Å². The van der Waals surface area contributed by atoms with Gasteiger partial charge < -0.3 is 4.74 Å². The third-order valence-electron chi connectivity index (χ3n) is 3.45. The van der Waals surface area contributed by atoms with Crippen LogP contribution in [0, 0.1) is 0 Å². The maximum atomic E-state index is 6.63. The monoisotopic (exact) mass is 322 g/mol. The molecule has 1 heterocycles. The van der Waals surface area contributed by atoms with E-state index in [0.29, 0.717) is 0 Å². The van der Waals surface area contributed by atoms with Gasteiger partial charge in [-0.1, -0.05) is 17.8 Å². The predicted octanol–water partition coefficient (Wildman–Crippen LogP) is 5.40. The molecule has 1 aliphatic rings. The number of thioether (sulfide) groups is 1. The van der Waals surface area contributed by atoms with Crippen LogP contribution in [0.3, 0.4) is 0 Å². The summed E-state index contributed by atoms with van der Waals surface area (Å²) in [6, 6.07) is 12.8. The third-order valence-corrected chi connectivity index (χ3v) is 5.75. The molecule has 0 fully saturated rings. The van der Waals surface area contributed by atoms with Crippen molar-refractivity contribution in [2.45, 2.75) is 26.5 Å². The lowest BCUT2D eigenvalue weighted by Crippen LogP contribution is -1.96. The van der Waals surface area contributed by atoms with Crippen LogP contribution in [0.1, 0.15) is 16.5 Å². The number of alkyl halides is 1. The average Bonchev–Trinajstić information content (AvgIpc) is 2.62. The van der Waals surface area contributed by atoms with Gasteiger partial charge in [0.05, 0.1) is 12.5 Å². The van der Waals surface area contributed by atoms with Crippen LogP contribution in [-0.2, 0) is 6.42 Å². The van der Waals surface area contributed by atoms with Crippen molar-refractivity contribution >= 4 is 35.1 Å². The Morgan fingerprint density at radius 2 is 2.05 bits per heavy atom. The summed E-state index contributed by atoms with van der Waals surface area (Å²) in [6.45, 7) is 0. The number of hydrogen-bond acceptors (Lipinski definition) is 3. The van der Waals surface area contributed by atoms with Crippen molar-refractivity contribution in [2.75, 3.05) is 13.4 Å². The van der Waals surface area contributed by atoms with E-state index in [-0.39, 0.29) is 5.38 Å². The Balaban J connectivity index is 2.07. The van der Waals surface area contributed by atoms with Crippen molar-refractivity contribution in [1.29, 1.82) is 0 Å². The van der Waals surface area contributed by atoms with Crippen molar-refractivity contribution in [3.05, 3.63) is 47.5 Å². The van der Waals surface area contributed by atoms with Crippen LogP contribution >= 0.6 is 35.1 Å². The van der Waals surface area contributed by atoms with E-state index >= 15 is 0 Å². The van der Waals surface area contributed by atoms with Crippen molar-refractivity contribution in [1.82, 2.24) is 0 Å². The van der Waals surface area contributed by atoms with Gasteiger partial charge in [0.2, 0.25) is 0 Å². The van der Waals surface area contributed by atoms with Crippen LogP contribution in [0.5, 0.6) is 5.75 Å². The molecule has 1 atom stereocenters. The van der Waals surface area contributed by atoms with E-state index in [9.17, 15) is 0 Å². The number of halogens is 1. The summed E-state index contributed by atoms with van der Waals surface area (Å²) in [5.41, 5.74) is 2.52. The molecule has 2 aromatic rings. The molecule has 1 unspecified atom stereocenters. The number of rotatable bonds is 2. The molecule has 4 heteroatoms. The van der Waals surface area contributed by atoms with E-state index in [2.05, 4.69) is 36.6 Å². The molecule has 104 valence electrons. The quantitative estimate of drug-likeness (QED) is 0.541. The molecule has 0 amide bonds. The zero-order valence-electron chi connectivity index (χ0n) is 11.4. The first kappa shape index (κ1) is 14.2. The number of methoxy groups -OCH3 is 1. The van der Waals surface area contributed by atoms with Gasteiger partial charge in [0.25, 0.3) is 0 Å². The zero-order chi connectivity index (χ0) is 14.1. The lowest BCUT2D eigenvalue weighted by molar-refractivity contribution is 0.413. The van der Waals surface area contributed by atoms with Gasteiger partial charge in [-0.25, -0.2) is 0 Å². The number of fused-ring (bicyclic) bond motifs is 2. The van der Waals surface area contributed by atoms with Gasteiger partial charge in [0.15, 0.2) is 0 Å². The Kier molecular flexibility index (Phi) is 4.20. The molecule has 1 aliphatic heterocycles. The first-order valence-electron chi connectivity index (χ1n) is 6.38. The fourth-order valence-corrected chi connectivity index (χ4v) is 4.35. The minimum Gasteiger partial charge on any atom is -0.497 e. The van der Waals surface area contributed by atoms with Crippen LogP contribution in [0.15, 0.2) is 51.1 Å². The Morgan fingerprint density at radius 3 is 2.80 bits per heavy atom. The highest BCUT2D eigenvalue weighted by atomic mass is 35.5. The second-order valence-corrected chi connectivity index (χ2v) is 7.14. The minimum atomic E-state index is 0.0271. The van der Waals surface area contributed by atoms with Gasteiger partial charge in [-0.05, 0) is 54.1 Å². The van der Waals surface area contributed by atoms with Gasteiger partial charge in [-0.2, -0.15) is 0 Å². The number of ether oxygens (including phenoxy) is 1. The Morgan fingerprint density at radius 1 is 1.20 bits per heavy atom. The first-order valence-corrected chi connectivity index (χ1v) is 8.86. The molecule has 20 heavy (non-hydrogen) atoms. The summed E-state index contributed by atoms with van der Waals surface area (Å²) in [4.78, 5) is 3.75. The van der Waals surface area contributed by atoms with Gasteiger partial charge in [-0.3, -0.25) is 0 Å². The van der Waals surface area contributed by atoms with E-state index in [0.717, 1.165) is 12.2 Å². The topological polar surface area (TPSA) is 9.23 Å². The molecule has 0 radical (unpaired) electrons. The van der Waals surface area contributed by atoms with Crippen LogP contribution in [0.2, 0.25) is 0 Å². The molecule has 0 aromatic heterocycles. The minimum absolute atomic E-state index is 0.0271. The summed E-state index contributed by atoms with van der Waals surface area (Å²) in [7, 11) is 1.70. The number of benzene rings is 2. The fourth-order valence-electron chi connectivity index (χ4n) is 2.34. The van der Waals surface area contributed by atoms with Crippen LogP contribution in [-0.4, -0.2) is 13.4 Å². The second kappa shape index (κ2) is 5.92. The molecule has 0 bridgehead atoms. The summed E-state index contributed by atoms with van der Waals surface area (Å²) in [5.74, 6) is 0.895. The van der Waals surface area contributed by atoms with E-state index in [4.69, 9.17) is 16.3 Å². The lowest BCUT2D eigenvalue weighted by atomic mass is 10.0. The maximum Gasteiger partial charge on any atom is 0.120 e. The van der Waals surface area contributed by atoms with Crippen LogP contribution in [0.25, 0.3) is 0 Å². The van der Waals surface area contributed by atoms with Gasteiger partial charge in [0.1, 0.15) is 5.75 Å².